The van der Waals surface area contributed by atoms with E-state index in [9.17, 15) is 4.79 Å². The van der Waals surface area contributed by atoms with Crippen LogP contribution in [0.5, 0.6) is 11.5 Å². The highest BCUT2D eigenvalue weighted by Gasteiger charge is 2.17. The summed E-state index contributed by atoms with van der Waals surface area (Å²) in [6.45, 7) is 0. The van der Waals surface area contributed by atoms with Crippen molar-refractivity contribution in [3.05, 3.63) is 38.9 Å². The Morgan fingerprint density at radius 1 is 1.25 bits per heavy atom. The number of nitriles is 1. The normalized spacial score (nSPS) is 9.85. The molecule has 6 nitrogen and oxygen atoms in total. The molecule has 0 aliphatic rings. The summed E-state index contributed by atoms with van der Waals surface area (Å²) in [7, 11) is 2.99. The lowest BCUT2D eigenvalue weighted by Gasteiger charge is -2.13. The Hall–Kier alpha value is -2.59. The van der Waals surface area contributed by atoms with E-state index in [1.807, 2.05) is 6.07 Å². The summed E-state index contributed by atoms with van der Waals surface area (Å²) in [6.07, 6.45) is 0. The molecule has 0 spiro atoms. The Bertz CT molecular complexity index is 802. The van der Waals surface area contributed by atoms with E-state index in [-0.39, 0.29) is 10.3 Å². The number of hydrogen-bond acceptors (Lipinski definition) is 5. The Morgan fingerprint density at radius 3 is 2.60 bits per heavy atom. The molecule has 0 atom stereocenters. The lowest BCUT2D eigenvalue weighted by molar-refractivity contribution is 0.356. The van der Waals surface area contributed by atoms with Crippen LogP contribution in [0.25, 0.3) is 11.3 Å². The van der Waals surface area contributed by atoms with Crippen molar-refractivity contribution >= 4 is 12.2 Å². The number of H-pyrrole nitrogens is 2. The molecule has 102 valence electrons. The summed E-state index contributed by atoms with van der Waals surface area (Å²) in [6, 6.07) is 7.02. The van der Waals surface area contributed by atoms with Gasteiger partial charge in [-0.3, -0.25) is 9.78 Å². The van der Waals surface area contributed by atoms with Crippen molar-refractivity contribution in [2.24, 2.45) is 0 Å². The van der Waals surface area contributed by atoms with Crippen LogP contribution in [0, 0.1) is 16.1 Å². The van der Waals surface area contributed by atoms with Crippen molar-refractivity contribution in [2.75, 3.05) is 14.2 Å². The minimum Gasteiger partial charge on any atom is -0.493 e. The number of nitrogens with one attached hydrogen (secondary N) is 2. The van der Waals surface area contributed by atoms with Gasteiger partial charge in [0, 0.05) is 5.56 Å². The van der Waals surface area contributed by atoms with E-state index >= 15 is 0 Å². The zero-order valence-electron chi connectivity index (χ0n) is 10.8. The zero-order chi connectivity index (χ0) is 14.7. The maximum absolute atomic E-state index is 11.8. The Labute approximate surface area is 119 Å². The first-order chi connectivity index (χ1) is 9.62. The monoisotopic (exact) mass is 289 g/mol. The number of nitrogens with zero attached hydrogens (tertiary/aromatic N) is 1. The van der Waals surface area contributed by atoms with Gasteiger partial charge in [0.05, 0.1) is 19.9 Å². The third-order valence-electron chi connectivity index (χ3n) is 2.73. The number of hydrogen-bond donors (Lipinski definition) is 2. The molecule has 2 N–H and O–H groups in total. The van der Waals surface area contributed by atoms with Gasteiger partial charge >= 0.3 is 0 Å². The molecule has 0 saturated carbocycles. The van der Waals surface area contributed by atoms with Crippen LogP contribution in [0.3, 0.4) is 0 Å². The van der Waals surface area contributed by atoms with Crippen molar-refractivity contribution in [2.45, 2.75) is 0 Å². The van der Waals surface area contributed by atoms with Gasteiger partial charge in [-0.25, -0.2) is 0 Å². The Morgan fingerprint density at radius 2 is 2.00 bits per heavy atom. The van der Waals surface area contributed by atoms with Gasteiger partial charge in [-0.15, -0.1) is 0 Å². The van der Waals surface area contributed by atoms with Gasteiger partial charge in [0.15, 0.2) is 16.3 Å². The lowest BCUT2D eigenvalue weighted by atomic mass is 10.1. The summed E-state index contributed by atoms with van der Waals surface area (Å²) < 4.78 is 10.6. The van der Waals surface area contributed by atoms with Crippen molar-refractivity contribution < 1.29 is 9.47 Å². The molecule has 2 rings (SSSR count). The second-order valence-electron chi connectivity index (χ2n) is 3.81. The first kappa shape index (κ1) is 13.8. The second-order valence-corrected chi connectivity index (χ2v) is 4.22. The van der Waals surface area contributed by atoms with E-state index < -0.39 is 5.56 Å². The second kappa shape index (κ2) is 5.59. The minimum atomic E-state index is -0.545. The SMILES string of the molecule is COc1cccc(-c2[nH]c(=S)[nH]c(=O)c2C#N)c1OC. The fourth-order valence-electron chi connectivity index (χ4n) is 1.88. The number of aromatic nitrogens is 2. The van der Waals surface area contributed by atoms with E-state index in [1.165, 1.54) is 14.2 Å². The van der Waals surface area contributed by atoms with E-state index in [4.69, 9.17) is 27.0 Å². The van der Waals surface area contributed by atoms with Crippen molar-refractivity contribution in [3.8, 4) is 28.8 Å². The third-order valence-corrected chi connectivity index (χ3v) is 2.93. The van der Waals surface area contributed by atoms with Gasteiger partial charge in [0.1, 0.15) is 11.6 Å². The Balaban J connectivity index is 2.86. The average molecular weight is 289 g/mol. The summed E-state index contributed by atoms with van der Waals surface area (Å²) in [5, 5.41) is 9.15. The molecule has 0 bridgehead atoms. The summed E-state index contributed by atoms with van der Waals surface area (Å²) in [4.78, 5) is 17.0. The highest BCUT2D eigenvalue weighted by atomic mass is 32.1. The van der Waals surface area contributed by atoms with Crippen molar-refractivity contribution in [1.82, 2.24) is 9.97 Å². The number of rotatable bonds is 3. The molecule has 20 heavy (non-hydrogen) atoms. The number of para-hydroxylation sites is 1. The van der Waals surface area contributed by atoms with Gasteiger partial charge in [-0.1, -0.05) is 6.07 Å². The maximum atomic E-state index is 11.8. The predicted molar refractivity (Wildman–Crippen MR) is 75.5 cm³/mol. The molecule has 2 aromatic rings. The zero-order valence-corrected chi connectivity index (χ0v) is 11.6. The van der Waals surface area contributed by atoms with E-state index in [0.29, 0.717) is 22.8 Å². The molecule has 0 radical (unpaired) electrons. The molecule has 7 heteroatoms. The van der Waals surface area contributed by atoms with Crippen LogP contribution in [0.2, 0.25) is 0 Å². The highest BCUT2D eigenvalue weighted by Crippen LogP contribution is 2.37. The standard InChI is InChI=1S/C13H11N3O3S/c1-18-9-5-3-4-7(11(9)19-2)10-8(6-14)12(17)16-13(20)15-10/h3-5H,1-2H3,(H2,15,16,17,20). The van der Waals surface area contributed by atoms with E-state index in [1.54, 1.807) is 18.2 Å². The van der Waals surface area contributed by atoms with Crippen molar-refractivity contribution in [3.63, 3.8) is 0 Å². The van der Waals surface area contributed by atoms with E-state index in [0.717, 1.165) is 0 Å². The minimum absolute atomic E-state index is 0.0647. The summed E-state index contributed by atoms with van der Waals surface area (Å²) in [5.74, 6) is 0.913. The van der Waals surface area contributed by atoms with Crippen LogP contribution in [-0.2, 0) is 0 Å². The Kier molecular flexibility index (Phi) is 3.86. The van der Waals surface area contributed by atoms with Gasteiger partial charge in [0.25, 0.3) is 5.56 Å². The summed E-state index contributed by atoms with van der Waals surface area (Å²) >= 11 is 4.94. The number of aromatic amines is 2. The topological polar surface area (TPSA) is 90.9 Å². The van der Waals surface area contributed by atoms with Crippen LogP contribution in [0.1, 0.15) is 5.56 Å². The smallest absolute Gasteiger partial charge is 0.270 e. The number of methoxy groups -OCH3 is 2. The molecule has 1 aromatic carbocycles. The largest absolute Gasteiger partial charge is 0.493 e. The van der Waals surface area contributed by atoms with Crippen LogP contribution >= 0.6 is 12.2 Å². The molecule has 1 aromatic heterocycles. The number of benzene rings is 1. The third kappa shape index (κ3) is 2.29. The summed E-state index contributed by atoms with van der Waals surface area (Å²) in [5.41, 5.74) is 0.221. The predicted octanol–water partition coefficient (Wildman–Crippen LogP) is 1.99. The molecule has 0 unspecified atom stereocenters. The molecular weight excluding hydrogens is 278 g/mol. The van der Waals surface area contributed by atoms with Gasteiger partial charge in [-0.2, -0.15) is 5.26 Å². The maximum Gasteiger partial charge on any atom is 0.270 e. The highest BCUT2D eigenvalue weighted by molar-refractivity contribution is 7.71. The molecule has 0 saturated heterocycles. The quantitative estimate of drug-likeness (QED) is 0.843. The van der Waals surface area contributed by atoms with Crippen LogP contribution in [-0.4, -0.2) is 24.2 Å². The van der Waals surface area contributed by atoms with Gasteiger partial charge in [-0.05, 0) is 24.4 Å². The average Bonchev–Trinajstić information content (AvgIpc) is 2.45. The molecule has 0 fully saturated rings. The lowest BCUT2D eigenvalue weighted by Crippen LogP contribution is -2.13. The molecule has 0 aliphatic carbocycles. The molecular formula is C13H11N3O3S. The van der Waals surface area contributed by atoms with Crippen LogP contribution in [0.4, 0.5) is 0 Å². The first-order valence-electron chi connectivity index (χ1n) is 5.60. The van der Waals surface area contributed by atoms with Crippen LogP contribution in [0.15, 0.2) is 23.0 Å². The fourth-order valence-corrected chi connectivity index (χ4v) is 2.07. The fraction of sp³-hybridized carbons (Fsp3) is 0.154. The molecule has 0 aliphatic heterocycles. The van der Waals surface area contributed by atoms with Gasteiger partial charge < -0.3 is 14.5 Å². The van der Waals surface area contributed by atoms with E-state index in [2.05, 4.69) is 9.97 Å². The first-order valence-corrected chi connectivity index (χ1v) is 6.01. The van der Waals surface area contributed by atoms with Crippen molar-refractivity contribution in [1.29, 1.82) is 5.26 Å². The number of ether oxygens (including phenoxy) is 2. The van der Waals surface area contributed by atoms with Crippen LogP contribution < -0.4 is 15.0 Å². The molecule has 1 heterocycles. The molecule has 0 amide bonds. The van der Waals surface area contributed by atoms with Gasteiger partial charge in [0.2, 0.25) is 0 Å².